The van der Waals surface area contributed by atoms with Crippen LogP contribution >= 0.6 is 0 Å². The minimum atomic E-state index is -5.52. The zero-order chi connectivity index (χ0) is 12.0. The molecule has 0 fully saturated rings. The van der Waals surface area contributed by atoms with Gasteiger partial charge in [-0.15, -0.1) is 9.19 Å². The molecule has 0 aliphatic heterocycles. The lowest BCUT2D eigenvalue weighted by Gasteiger charge is -2.07. The molecule has 9 heteroatoms. The number of para-hydroxylation sites is 1. The number of aromatic nitrogens is 3. The zero-order valence-corrected chi connectivity index (χ0v) is 8.33. The first-order valence-electron chi connectivity index (χ1n) is 3.96. The van der Waals surface area contributed by atoms with Crippen LogP contribution in [-0.2, 0) is 10.0 Å². The molecule has 0 N–H and O–H groups in total. The van der Waals surface area contributed by atoms with Crippen LogP contribution in [0.3, 0.4) is 0 Å². The van der Waals surface area contributed by atoms with E-state index in [0.717, 1.165) is 0 Å². The van der Waals surface area contributed by atoms with E-state index < -0.39 is 15.5 Å². The quantitative estimate of drug-likeness (QED) is 0.762. The van der Waals surface area contributed by atoms with Crippen molar-refractivity contribution in [3.8, 4) is 0 Å². The summed E-state index contributed by atoms with van der Waals surface area (Å²) >= 11 is 0. The highest BCUT2D eigenvalue weighted by atomic mass is 32.2. The smallest absolute Gasteiger partial charge is 0.195 e. The third-order valence-electron chi connectivity index (χ3n) is 1.84. The SMILES string of the molecule is O=S(=O)(n1nnc2ccccc21)C(F)(F)F. The van der Waals surface area contributed by atoms with Gasteiger partial charge in [0.1, 0.15) is 11.0 Å². The van der Waals surface area contributed by atoms with E-state index >= 15 is 0 Å². The molecule has 0 aliphatic rings. The summed E-state index contributed by atoms with van der Waals surface area (Å²) in [4.78, 5) is 0. The van der Waals surface area contributed by atoms with Gasteiger partial charge in [0.25, 0.3) is 0 Å². The summed E-state index contributed by atoms with van der Waals surface area (Å²) in [7, 11) is -5.52. The monoisotopic (exact) mass is 251 g/mol. The standard InChI is InChI=1S/C7H4F3N3O2S/c8-7(9,10)16(14,15)13-6-4-2-1-3-5(6)11-12-13/h1-4H. The molecule has 1 aromatic carbocycles. The molecule has 0 radical (unpaired) electrons. The summed E-state index contributed by atoms with van der Waals surface area (Å²) in [5.41, 5.74) is -5.53. The first-order valence-corrected chi connectivity index (χ1v) is 5.40. The Labute approximate surface area is 87.5 Å². The van der Waals surface area contributed by atoms with Crippen LogP contribution in [0.2, 0.25) is 0 Å². The number of hydrogen-bond acceptors (Lipinski definition) is 4. The molecule has 86 valence electrons. The second-order valence-corrected chi connectivity index (χ2v) is 4.63. The Kier molecular flexibility index (Phi) is 2.15. The van der Waals surface area contributed by atoms with Gasteiger partial charge in [-0.2, -0.15) is 21.6 Å². The van der Waals surface area contributed by atoms with Crippen LogP contribution in [0.5, 0.6) is 0 Å². The Balaban J connectivity index is 2.75. The number of nitrogens with zero attached hydrogens (tertiary/aromatic N) is 3. The summed E-state index contributed by atoms with van der Waals surface area (Å²) in [6.07, 6.45) is 0. The third kappa shape index (κ3) is 1.43. The third-order valence-corrected chi connectivity index (χ3v) is 3.15. The topological polar surface area (TPSA) is 64.8 Å². The van der Waals surface area contributed by atoms with Crippen molar-refractivity contribution in [1.82, 2.24) is 14.4 Å². The van der Waals surface area contributed by atoms with E-state index in [0.29, 0.717) is 0 Å². The average molecular weight is 251 g/mol. The summed E-state index contributed by atoms with van der Waals surface area (Å²) in [5, 5.41) is 6.32. The van der Waals surface area contributed by atoms with Gasteiger partial charge in [-0.25, -0.2) is 0 Å². The molecule has 0 saturated heterocycles. The average Bonchev–Trinajstić information content (AvgIpc) is 2.59. The fraction of sp³-hybridized carbons (Fsp3) is 0.143. The Hall–Kier alpha value is -1.64. The van der Waals surface area contributed by atoms with Crippen LogP contribution in [0.25, 0.3) is 11.0 Å². The molecule has 2 rings (SSSR count). The Morgan fingerprint density at radius 1 is 1.19 bits per heavy atom. The van der Waals surface area contributed by atoms with Gasteiger partial charge in [-0.05, 0) is 12.1 Å². The Morgan fingerprint density at radius 2 is 1.81 bits per heavy atom. The predicted molar refractivity (Wildman–Crippen MR) is 47.9 cm³/mol. The molecule has 0 aliphatic carbocycles. The van der Waals surface area contributed by atoms with Crippen molar-refractivity contribution in [3.63, 3.8) is 0 Å². The summed E-state index contributed by atoms with van der Waals surface area (Å²) in [6.45, 7) is 0. The van der Waals surface area contributed by atoms with Gasteiger partial charge in [0.2, 0.25) is 0 Å². The van der Waals surface area contributed by atoms with Crippen molar-refractivity contribution >= 4 is 21.1 Å². The van der Waals surface area contributed by atoms with Crippen LogP contribution < -0.4 is 0 Å². The first-order chi connectivity index (χ1) is 7.34. The summed E-state index contributed by atoms with van der Waals surface area (Å²) in [5.74, 6) is 0. The molecule has 0 unspecified atom stereocenters. The van der Waals surface area contributed by atoms with Crippen LogP contribution in [0.1, 0.15) is 0 Å². The van der Waals surface area contributed by atoms with Crippen LogP contribution in [-0.4, -0.2) is 28.3 Å². The largest absolute Gasteiger partial charge is 0.518 e. The van der Waals surface area contributed by atoms with Gasteiger partial charge in [0.05, 0.1) is 0 Å². The van der Waals surface area contributed by atoms with Crippen molar-refractivity contribution in [2.75, 3.05) is 0 Å². The minimum absolute atomic E-state index is 0.0790. The van der Waals surface area contributed by atoms with Crippen molar-refractivity contribution in [2.24, 2.45) is 0 Å². The van der Waals surface area contributed by atoms with Crippen molar-refractivity contribution in [2.45, 2.75) is 5.51 Å². The minimum Gasteiger partial charge on any atom is -0.195 e. The summed E-state index contributed by atoms with van der Waals surface area (Å²) < 4.78 is 58.7. The van der Waals surface area contributed by atoms with Crippen LogP contribution in [0.4, 0.5) is 13.2 Å². The van der Waals surface area contributed by atoms with E-state index in [1.165, 1.54) is 24.3 Å². The number of rotatable bonds is 1. The molecule has 0 saturated carbocycles. The predicted octanol–water partition coefficient (Wildman–Crippen LogP) is 1.13. The van der Waals surface area contributed by atoms with Crippen molar-refractivity contribution in [1.29, 1.82) is 0 Å². The summed E-state index contributed by atoms with van der Waals surface area (Å²) in [6, 6.07) is 5.47. The lowest BCUT2D eigenvalue weighted by atomic mass is 10.3. The van der Waals surface area contributed by atoms with E-state index in [9.17, 15) is 21.6 Å². The fourth-order valence-electron chi connectivity index (χ4n) is 1.12. The molecule has 5 nitrogen and oxygen atoms in total. The lowest BCUT2D eigenvalue weighted by Crippen LogP contribution is -2.30. The number of halogens is 3. The molecule has 0 bridgehead atoms. The highest BCUT2D eigenvalue weighted by Crippen LogP contribution is 2.26. The number of alkyl halides is 3. The maximum atomic E-state index is 12.2. The van der Waals surface area contributed by atoms with E-state index in [4.69, 9.17) is 0 Å². The zero-order valence-electron chi connectivity index (χ0n) is 7.51. The van der Waals surface area contributed by atoms with Crippen LogP contribution in [0.15, 0.2) is 24.3 Å². The van der Waals surface area contributed by atoms with Gasteiger partial charge in [-0.3, -0.25) is 0 Å². The van der Waals surface area contributed by atoms with Gasteiger partial charge < -0.3 is 0 Å². The molecular formula is C7H4F3N3O2S. The molecular weight excluding hydrogens is 247 g/mol. The highest BCUT2D eigenvalue weighted by Gasteiger charge is 2.48. The normalized spacial score (nSPS) is 13.2. The van der Waals surface area contributed by atoms with E-state index in [-0.39, 0.29) is 15.1 Å². The Bertz CT molecular complexity index is 632. The van der Waals surface area contributed by atoms with E-state index in [1.807, 2.05) is 0 Å². The van der Waals surface area contributed by atoms with Gasteiger partial charge >= 0.3 is 15.5 Å². The molecule has 1 aromatic heterocycles. The maximum Gasteiger partial charge on any atom is 0.518 e. The van der Waals surface area contributed by atoms with E-state index in [1.54, 1.807) is 0 Å². The second-order valence-electron chi connectivity index (χ2n) is 2.87. The molecule has 0 atom stereocenters. The van der Waals surface area contributed by atoms with Crippen LogP contribution in [0, 0.1) is 0 Å². The highest BCUT2D eigenvalue weighted by molar-refractivity contribution is 7.90. The number of fused-ring (bicyclic) bond motifs is 1. The molecule has 2 aromatic rings. The van der Waals surface area contributed by atoms with E-state index in [2.05, 4.69) is 10.3 Å². The fourth-order valence-corrected chi connectivity index (χ4v) is 1.87. The molecule has 0 amide bonds. The first kappa shape index (κ1) is 10.9. The lowest BCUT2D eigenvalue weighted by molar-refractivity contribution is -0.0448. The maximum absolute atomic E-state index is 12.2. The molecule has 1 heterocycles. The van der Waals surface area contributed by atoms with Crippen molar-refractivity contribution in [3.05, 3.63) is 24.3 Å². The van der Waals surface area contributed by atoms with Gasteiger partial charge in [-0.1, -0.05) is 17.3 Å². The van der Waals surface area contributed by atoms with Crippen molar-refractivity contribution < 1.29 is 21.6 Å². The second kappa shape index (κ2) is 3.17. The Morgan fingerprint density at radius 3 is 2.44 bits per heavy atom. The number of hydrogen-bond donors (Lipinski definition) is 0. The molecule has 16 heavy (non-hydrogen) atoms. The van der Waals surface area contributed by atoms with Gasteiger partial charge in [0.15, 0.2) is 0 Å². The number of benzene rings is 1. The molecule has 0 spiro atoms. The van der Waals surface area contributed by atoms with Gasteiger partial charge in [0, 0.05) is 0 Å².